The largest absolute Gasteiger partial charge is 0.486 e. The van der Waals surface area contributed by atoms with Crippen molar-refractivity contribution in [1.29, 1.82) is 0 Å². The van der Waals surface area contributed by atoms with Crippen LogP contribution in [0.15, 0.2) is 58.5 Å². The van der Waals surface area contributed by atoms with Crippen LogP contribution in [0.4, 0.5) is 0 Å². The third kappa shape index (κ3) is 5.42. The summed E-state index contributed by atoms with van der Waals surface area (Å²) in [5, 5.41) is 10.6. The SMILES string of the molecule is CCn1c(COc2ccc(C(C)(C)C)cc2)nnc1SCc1cc(=O)c2cc(Cl)ccc2[nH]1. The summed E-state index contributed by atoms with van der Waals surface area (Å²) >= 11 is 7.54. The van der Waals surface area contributed by atoms with Crippen LogP contribution in [0.1, 0.15) is 44.8 Å². The van der Waals surface area contributed by atoms with Gasteiger partial charge in [0.1, 0.15) is 12.4 Å². The quantitative estimate of drug-likeness (QED) is 0.329. The number of benzene rings is 2. The summed E-state index contributed by atoms with van der Waals surface area (Å²) in [5.41, 5.74) is 2.91. The number of aromatic nitrogens is 4. The van der Waals surface area contributed by atoms with Crippen molar-refractivity contribution in [3.63, 3.8) is 0 Å². The lowest BCUT2D eigenvalue weighted by atomic mass is 9.87. The molecule has 0 aliphatic heterocycles. The van der Waals surface area contributed by atoms with Gasteiger partial charge in [-0.25, -0.2) is 0 Å². The number of thioether (sulfide) groups is 1. The molecular weight excluding hydrogens is 456 g/mol. The molecule has 0 saturated heterocycles. The minimum Gasteiger partial charge on any atom is -0.486 e. The molecule has 0 atom stereocenters. The number of hydrogen-bond donors (Lipinski definition) is 1. The van der Waals surface area contributed by atoms with E-state index in [2.05, 4.69) is 55.0 Å². The number of pyridine rings is 1. The van der Waals surface area contributed by atoms with Crippen molar-refractivity contribution in [2.75, 3.05) is 0 Å². The van der Waals surface area contributed by atoms with E-state index in [1.165, 1.54) is 17.3 Å². The van der Waals surface area contributed by atoms with Gasteiger partial charge >= 0.3 is 0 Å². The molecule has 0 unspecified atom stereocenters. The maximum Gasteiger partial charge on any atom is 0.191 e. The van der Waals surface area contributed by atoms with Gasteiger partial charge in [-0.2, -0.15) is 0 Å². The van der Waals surface area contributed by atoms with Crippen molar-refractivity contribution in [2.45, 2.75) is 57.2 Å². The normalized spacial score (nSPS) is 11.8. The second kappa shape index (κ2) is 9.61. The highest BCUT2D eigenvalue weighted by Gasteiger charge is 2.15. The molecule has 6 nitrogen and oxygen atoms in total. The molecule has 0 aliphatic carbocycles. The second-order valence-electron chi connectivity index (χ2n) is 8.84. The van der Waals surface area contributed by atoms with Gasteiger partial charge in [0, 0.05) is 40.0 Å². The number of rotatable bonds is 7. The molecule has 0 bridgehead atoms. The lowest BCUT2D eigenvalue weighted by Gasteiger charge is -2.19. The Bertz CT molecular complexity index is 1320. The number of nitrogens with zero attached hydrogens (tertiary/aromatic N) is 3. The molecule has 2 aromatic carbocycles. The van der Waals surface area contributed by atoms with Gasteiger partial charge in [-0.3, -0.25) is 4.79 Å². The van der Waals surface area contributed by atoms with Crippen molar-refractivity contribution >= 4 is 34.3 Å². The van der Waals surface area contributed by atoms with Crippen LogP contribution in [0.2, 0.25) is 5.02 Å². The predicted octanol–water partition coefficient (Wildman–Crippen LogP) is 5.96. The number of aromatic amines is 1. The van der Waals surface area contributed by atoms with Crippen LogP contribution in [0.3, 0.4) is 0 Å². The Labute approximate surface area is 202 Å². The lowest BCUT2D eigenvalue weighted by molar-refractivity contribution is 0.288. The van der Waals surface area contributed by atoms with Crippen LogP contribution >= 0.6 is 23.4 Å². The topological polar surface area (TPSA) is 72.8 Å². The number of ether oxygens (including phenoxy) is 1. The van der Waals surface area contributed by atoms with Gasteiger partial charge in [0.25, 0.3) is 0 Å². The van der Waals surface area contributed by atoms with Crippen LogP contribution < -0.4 is 10.2 Å². The van der Waals surface area contributed by atoms with E-state index >= 15 is 0 Å². The molecular formula is C25H27ClN4O2S. The van der Waals surface area contributed by atoms with E-state index in [9.17, 15) is 4.79 Å². The zero-order chi connectivity index (χ0) is 23.6. The first-order chi connectivity index (χ1) is 15.7. The smallest absolute Gasteiger partial charge is 0.191 e. The summed E-state index contributed by atoms with van der Waals surface area (Å²) in [5.74, 6) is 2.14. The molecule has 0 amide bonds. The third-order valence-corrected chi connectivity index (χ3v) is 6.65. The van der Waals surface area contributed by atoms with Crippen LogP contribution in [0.5, 0.6) is 5.75 Å². The van der Waals surface area contributed by atoms with Crippen molar-refractivity contribution in [1.82, 2.24) is 19.7 Å². The zero-order valence-corrected chi connectivity index (χ0v) is 20.8. The molecule has 0 aliphatic rings. The van der Waals surface area contributed by atoms with Crippen LogP contribution in [0.25, 0.3) is 10.9 Å². The molecule has 4 aromatic rings. The second-order valence-corrected chi connectivity index (χ2v) is 10.2. The molecule has 4 rings (SSSR count). The number of nitrogens with one attached hydrogen (secondary N) is 1. The van der Waals surface area contributed by atoms with Gasteiger partial charge in [0.15, 0.2) is 16.4 Å². The Morgan fingerprint density at radius 1 is 1.09 bits per heavy atom. The summed E-state index contributed by atoms with van der Waals surface area (Å²) < 4.78 is 8.00. The first-order valence-corrected chi connectivity index (χ1v) is 12.2. The van der Waals surface area contributed by atoms with Crippen LogP contribution in [0, 0.1) is 0 Å². The maximum atomic E-state index is 12.4. The molecule has 0 saturated carbocycles. The first kappa shape index (κ1) is 23.4. The molecule has 2 aromatic heterocycles. The van der Waals surface area contributed by atoms with Crippen molar-refractivity contribution < 1.29 is 4.74 Å². The van der Waals surface area contributed by atoms with Gasteiger partial charge in [0.2, 0.25) is 0 Å². The lowest BCUT2D eigenvalue weighted by Crippen LogP contribution is -2.11. The highest BCUT2D eigenvalue weighted by Crippen LogP contribution is 2.26. The molecule has 1 N–H and O–H groups in total. The summed E-state index contributed by atoms with van der Waals surface area (Å²) in [4.78, 5) is 15.8. The molecule has 2 heterocycles. The van der Waals surface area contributed by atoms with E-state index < -0.39 is 0 Å². The van der Waals surface area contributed by atoms with E-state index in [1.807, 2.05) is 22.8 Å². The number of hydrogen-bond acceptors (Lipinski definition) is 5. The fourth-order valence-electron chi connectivity index (χ4n) is 3.54. The summed E-state index contributed by atoms with van der Waals surface area (Å²) in [6.45, 7) is 9.68. The number of fused-ring (bicyclic) bond motifs is 1. The van der Waals surface area contributed by atoms with Gasteiger partial charge in [-0.1, -0.05) is 56.3 Å². The van der Waals surface area contributed by atoms with E-state index in [0.717, 1.165) is 34.5 Å². The van der Waals surface area contributed by atoms with Gasteiger partial charge in [-0.05, 0) is 48.2 Å². The highest BCUT2D eigenvalue weighted by molar-refractivity contribution is 7.98. The minimum atomic E-state index is -0.0506. The molecule has 0 fully saturated rings. The Balaban J connectivity index is 1.44. The number of halogens is 1. The summed E-state index contributed by atoms with van der Waals surface area (Å²) in [6.07, 6.45) is 0. The van der Waals surface area contributed by atoms with Crippen molar-refractivity contribution in [3.8, 4) is 5.75 Å². The van der Waals surface area contributed by atoms with Crippen LogP contribution in [-0.2, 0) is 24.3 Å². The zero-order valence-electron chi connectivity index (χ0n) is 19.2. The summed E-state index contributed by atoms with van der Waals surface area (Å²) in [6, 6.07) is 15.1. The minimum absolute atomic E-state index is 0.0506. The molecule has 8 heteroatoms. The molecule has 0 spiro atoms. The average molecular weight is 483 g/mol. The standard InChI is InChI=1S/C25H27ClN4O2S/c1-5-30-23(14-32-19-9-6-16(7-10-19)25(2,3)4)28-29-24(30)33-15-18-13-22(31)20-12-17(26)8-11-21(20)27-18/h6-13H,5,14-15H2,1-4H3,(H,27,31). The van der Waals surface area contributed by atoms with E-state index in [-0.39, 0.29) is 10.8 Å². The number of H-pyrrole nitrogens is 1. The van der Waals surface area contributed by atoms with Crippen LogP contribution in [-0.4, -0.2) is 19.7 Å². The van der Waals surface area contributed by atoms with Gasteiger partial charge in [0.05, 0.1) is 0 Å². The van der Waals surface area contributed by atoms with E-state index in [0.29, 0.717) is 22.8 Å². The van der Waals surface area contributed by atoms with Gasteiger partial charge < -0.3 is 14.3 Å². The predicted molar refractivity (Wildman–Crippen MR) is 134 cm³/mol. The first-order valence-electron chi connectivity index (χ1n) is 10.8. The Morgan fingerprint density at radius 3 is 2.55 bits per heavy atom. The van der Waals surface area contributed by atoms with Crippen molar-refractivity contribution in [2.24, 2.45) is 0 Å². The van der Waals surface area contributed by atoms with E-state index in [1.54, 1.807) is 18.2 Å². The van der Waals surface area contributed by atoms with E-state index in [4.69, 9.17) is 16.3 Å². The monoisotopic (exact) mass is 482 g/mol. The third-order valence-electron chi connectivity index (χ3n) is 5.40. The fourth-order valence-corrected chi connectivity index (χ4v) is 4.64. The maximum absolute atomic E-state index is 12.4. The molecule has 33 heavy (non-hydrogen) atoms. The fraction of sp³-hybridized carbons (Fsp3) is 0.320. The summed E-state index contributed by atoms with van der Waals surface area (Å²) in [7, 11) is 0. The Hall–Kier alpha value is -2.77. The average Bonchev–Trinajstić information content (AvgIpc) is 3.18. The molecule has 172 valence electrons. The Morgan fingerprint density at radius 2 is 1.85 bits per heavy atom. The van der Waals surface area contributed by atoms with Crippen molar-refractivity contribution in [3.05, 3.63) is 80.9 Å². The molecule has 0 radical (unpaired) electrons. The Kier molecular flexibility index (Phi) is 6.81. The highest BCUT2D eigenvalue weighted by atomic mass is 35.5. The van der Waals surface area contributed by atoms with Gasteiger partial charge in [-0.15, -0.1) is 10.2 Å².